The molecule has 0 aliphatic carbocycles. The number of oxime groups is 1. The molecule has 8 heteroatoms. The van der Waals surface area contributed by atoms with Gasteiger partial charge in [0.25, 0.3) is 5.24 Å². The van der Waals surface area contributed by atoms with Crippen LogP contribution in [0.25, 0.3) is 0 Å². The van der Waals surface area contributed by atoms with E-state index in [9.17, 15) is 4.79 Å². The van der Waals surface area contributed by atoms with Crippen molar-refractivity contribution >= 4 is 39.2 Å². The fourth-order valence-corrected chi connectivity index (χ4v) is 3.84. The Hall–Kier alpha value is -3.55. The number of nitrogens with two attached hydrogens (primary N) is 1. The highest BCUT2D eigenvalue weighted by Crippen LogP contribution is 2.40. The Bertz CT molecular complexity index is 1100. The number of hydrogen-bond donors (Lipinski definition) is 1. The molecule has 0 unspecified atom stereocenters. The van der Waals surface area contributed by atoms with Crippen LogP contribution in [0.1, 0.15) is 22.5 Å². The predicted molar refractivity (Wildman–Crippen MR) is 122 cm³/mol. The quantitative estimate of drug-likeness (QED) is 0.193. The lowest BCUT2D eigenvalue weighted by Gasteiger charge is -2.33. The van der Waals surface area contributed by atoms with E-state index in [0.717, 1.165) is 28.2 Å². The average molecular weight is 449 g/mol. The highest BCUT2D eigenvalue weighted by atomic mass is 35.5. The summed E-state index contributed by atoms with van der Waals surface area (Å²) in [4.78, 5) is 22.4. The second-order valence-electron chi connectivity index (χ2n) is 6.54. The highest BCUT2D eigenvalue weighted by Gasteiger charge is 2.40. The number of aromatic nitrogens is 2. The Kier molecular flexibility index (Phi) is 6.06. The molecule has 0 aliphatic rings. The number of nitrogen functional groups attached to an aromatic ring is 1. The maximum atomic E-state index is 12.1. The van der Waals surface area contributed by atoms with Crippen molar-refractivity contribution in [2.45, 2.75) is 5.60 Å². The summed E-state index contributed by atoms with van der Waals surface area (Å²) in [6.45, 7) is 0. The zero-order chi connectivity index (χ0) is 21.7. The zero-order valence-corrected chi connectivity index (χ0v) is 17.8. The first-order valence-corrected chi connectivity index (χ1v) is 10.5. The SMILES string of the molecule is Nc1nc(/C(=N\OC(c2ccccc2)(c2ccccc2)c2ccccc2)C(=O)Cl)ns1. The van der Waals surface area contributed by atoms with Gasteiger partial charge in [-0.2, -0.15) is 9.36 Å². The first kappa shape index (κ1) is 20.7. The second-order valence-corrected chi connectivity index (χ2v) is 7.67. The van der Waals surface area contributed by atoms with Crippen molar-refractivity contribution in [3.05, 3.63) is 114 Å². The van der Waals surface area contributed by atoms with E-state index >= 15 is 0 Å². The summed E-state index contributed by atoms with van der Waals surface area (Å²) in [5.41, 5.74) is 6.76. The fourth-order valence-electron chi connectivity index (χ4n) is 3.29. The molecule has 0 saturated heterocycles. The number of carbonyl (C=O) groups is 1. The number of halogens is 1. The molecule has 4 rings (SSSR count). The van der Waals surface area contributed by atoms with Gasteiger partial charge in [0.1, 0.15) is 0 Å². The Morgan fingerprint density at radius 1 is 0.871 bits per heavy atom. The van der Waals surface area contributed by atoms with Gasteiger partial charge in [-0.1, -0.05) is 96.2 Å². The Balaban J connectivity index is 1.95. The standard InChI is InChI=1S/C23H17ClN4O2S/c24-20(29)19(21-26-22(25)31-28-21)27-30-23(16-10-4-1-5-11-16,17-12-6-2-7-13-17)18-14-8-3-9-15-18/h1-15H,(H2,25,26,28)/b27-19-. The molecule has 4 aromatic rings. The molecule has 1 aromatic heterocycles. The van der Waals surface area contributed by atoms with Gasteiger partial charge >= 0.3 is 0 Å². The number of anilines is 1. The lowest BCUT2D eigenvalue weighted by atomic mass is 9.80. The van der Waals surface area contributed by atoms with Crippen LogP contribution in [0, 0.1) is 0 Å². The minimum Gasteiger partial charge on any atom is -0.374 e. The Morgan fingerprint density at radius 3 is 1.68 bits per heavy atom. The number of rotatable bonds is 7. The third-order valence-electron chi connectivity index (χ3n) is 4.65. The number of carbonyl (C=O) groups excluding carboxylic acids is 1. The minimum atomic E-state index is -1.15. The van der Waals surface area contributed by atoms with Gasteiger partial charge in [-0.25, -0.2) is 0 Å². The van der Waals surface area contributed by atoms with E-state index < -0.39 is 10.8 Å². The van der Waals surface area contributed by atoms with Gasteiger partial charge in [0.2, 0.25) is 17.1 Å². The largest absolute Gasteiger partial charge is 0.374 e. The third kappa shape index (κ3) is 4.19. The molecular formula is C23H17ClN4O2S. The van der Waals surface area contributed by atoms with E-state index in [4.69, 9.17) is 22.2 Å². The van der Waals surface area contributed by atoms with Crippen LogP contribution in [-0.2, 0) is 15.2 Å². The van der Waals surface area contributed by atoms with Gasteiger partial charge in [-0.05, 0) is 11.6 Å². The molecule has 1 heterocycles. The molecule has 31 heavy (non-hydrogen) atoms. The van der Waals surface area contributed by atoms with Crippen LogP contribution in [-0.4, -0.2) is 20.3 Å². The third-order valence-corrected chi connectivity index (χ3v) is 5.38. The van der Waals surface area contributed by atoms with Crippen LogP contribution in [0.4, 0.5) is 5.13 Å². The number of benzene rings is 3. The van der Waals surface area contributed by atoms with Crippen LogP contribution in [0.15, 0.2) is 96.2 Å². The van der Waals surface area contributed by atoms with Crippen LogP contribution in [0.2, 0.25) is 0 Å². The van der Waals surface area contributed by atoms with Crippen molar-refractivity contribution in [3.8, 4) is 0 Å². The molecule has 0 amide bonds. The van der Waals surface area contributed by atoms with E-state index in [1.807, 2.05) is 91.0 Å². The maximum Gasteiger partial charge on any atom is 0.278 e. The Labute approximate surface area is 188 Å². The number of nitrogens with zero attached hydrogens (tertiary/aromatic N) is 3. The van der Waals surface area contributed by atoms with Crippen molar-refractivity contribution in [2.24, 2.45) is 5.16 Å². The highest BCUT2D eigenvalue weighted by molar-refractivity contribution is 7.09. The van der Waals surface area contributed by atoms with E-state index in [2.05, 4.69) is 14.5 Å². The van der Waals surface area contributed by atoms with Crippen LogP contribution >= 0.6 is 23.1 Å². The van der Waals surface area contributed by atoms with Crippen LogP contribution in [0.3, 0.4) is 0 Å². The summed E-state index contributed by atoms with van der Waals surface area (Å²) in [7, 11) is 0. The monoisotopic (exact) mass is 448 g/mol. The smallest absolute Gasteiger partial charge is 0.278 e. The average Bonchev–Trinajstić information content (AvgIpc) is 3.24. The number of hydrogen-bond acceptors (Lipinski definition) is 7. The maximum absolute atomic E-state index is 12.1. The summed E-state index contributed by atoms with van der Waals surface area (Å²) in [6.07, 6.45) is 0. The van der Waals surface area contributed by atoms with Gasteiger partial charge in [0.15, 0.2) is 5.13 Å². The lowest BCUT2D eigenvalue weighted by molar-refractivity contribution is -0.106. The second kappa shape index (κ2) is 9.07. The van der Waals surface area contributed by atoms with Crippen molar-refractivity contribution in [1.29, 1.82) is 0 Å². The Morgan fingerprint density at radius 2 is 1.32 bits per heavy atom. The zero-order valence-electron chi connectivity index (χ0n) is 16.2. The summed E-state index contributed by atoms with van der Waals surface area (Å²) < 4.78 is 4.05. The summed E-state index contributed by atoms with van der Waals surface area (Å²) in [5, 5.41) is 3.52. The van der Waals surface area contributed by atoms with E-state index in [-0.39, 0.29) is 16.7 Å². The molecule has 0 spiro atoms. The lowest BCUT2D eigenvalue weighted by Crippen LogP contribution is -2.32. The van der Waals surface area contributed by atoms with E-state index in [1.165, 1.54) is 0 Å². The predicted octanol–water partition coefficient (Wildman–Crippen LogP) is 4.60. The molecular weight excluding hydrogens is 432 g/mol. The molecule has 6 nitrogen and oxygen atoms in total. The van der Waals surface area contributed by atoms with Crippen molar-refractivity contribution in [2.75, 3.05) is 5.73 Å². The van der Waals surface area contributed by atoms with Gasteiger partial charge in [0.05, 0.1) is 0 Å². The summed E-state index contributed by atoms with van der Waals surface area (Å²) in [6, 6.07) is 28.9. The van der Waals surface area contributed by atoms with Gasteiger partial charge in [-0.3, -0.25) is 4.79 Å². The van der Waals surface area contributed by atoms with Crippen molar-refractivity contribution in [3.63, 3.8) is 0 Å². The molecule has 154 valence electrons. The minimum absolute atomic E-state index is 0.0191. The normalized spacial score (nSPS) is 11.8. The molecule has 0 radical (unpaired) electrons. The molecule has 0 fully saturated rings. The molecule has 2 N–H and O–H groups in total. The first-order chi connectivity index (χ1) is 15.1. The fraction of sp³-hybridized carbons (Fsp3) is 0.0435. The molecule has 0 aliphatic heterocycles. The summed E-state index contributed by atoms with van der Waals surface area (Å²) >= 11 is 6.73. The van der Waals surface area contributed by atoms with Crippen molar-refractivity contribution < 1.29 is 9.63 Å². The molecule has 3 aromatic carbocycles. The molecule has 0 atom stereocenters. The topological polar surface area (TPSA) is 90.5 Å². The van der Waals surface area contributed by atoms with Gasteiger partial charge < -0.3 is 10.6 Å². The first-order valence-electron chi connectivity index (χ1n) is 9.33. The molecule has 0 saturated carbocycles. The van der Waals surface area contributed by atoms with Gasteiger partial charge in [-0.15, -0.1) is 0 Å². The van der Waals surface area contributed by atoms with Crippen molar-refractivity contribution in [1.82, 2.24) is 9.36 Å². The summed E-state index contributed by atoms with van der Waals surface area (Å²) in [5.74, 6) is 0.0191. The van der Waals surface area contributed by atoms with Crippen LogP contribution in [0.5, 0.6) is 0 Å². The van der Waals surface area contributed by atoms with E-state index in [1.54, 1.807) is 0 Å². The van der Waals surface area contributed by atoms with Gasteiger partial charge in [0, 0.05) is 28.2 Å². The molecule has 0 bridgehead atoms. The van der Waals surface area contributed by atoms with E-state index in [0.29, 0.717) is 0 Å². The van der Waals surface area contributed by atoms with Crippen LogP contribution < -0.4 is 5.73 Å².